The van der Waals surface area contributed by atoms with Crippen LogP contribution in [0, 0.1) is 6.92 Å². The molecule has 0 spiro atoms. The van der Waals surface area contributed by atoms with E-state index in [1.54, 1.807) is 17.5 Å². The van der Waals surface area contributed by atoms with E-state index in [9.17, 15) is 4.79 Å². The van der Waals surface area contributed by atoms with E-state index >= 15 is 0 Å². The number of aryl methyl sites for hydroxylation is 1. The van der Waals surface area contributed by atoms with Gasteiger partial charge in [-0.3, -0.25) is 9.20 Å². The van der Waals surface area contributed by atoms with E-state index in [1.165, 1.54) is 10.4 Å². The maximum absolute atomic E-state index is 11.0. The minimum atomic E-state index is 0.603. The number of imidazole rings is 1. The van der Waals surface area contributed by atoms with Gasteiger partial charge >= 0.3 is 0 Å². The Kier molecular flexibility index (Phi) is 3.12. The van der Waals surface area contributed by atoms with Crippen LogP contribution < -0.4 is 0 Å². The zero-order valence-electron chi connectivity index (χ0n) is 10.3. The number of aldehydes is 1. The van der Waals surface area contributed by atoms with Crippen LogP contribution in [-0.2, 0) is 6.42 Å². The summed E-state index contributed by atoms with van der Waals surface area (Å²) >= 11 is 7.50. The van der Waals surface area contributed by atoms with Gasteiger partial charge in [0.25, 0.3) is 0 Å². The highest BCUT2D eigenvalue weighted by Gasteiger charge is 2.13. The summed E-state index contributed by atoms with van der Waals surface area (Å²) < 4.78 is 1.91. The second kappa shape index (κ2) is 4.79. The van der Waals surface area contributed by atoms with Crippen molar-refractivity contribution in [2.75, 3.05) is 0 Å². The van der Waals surface area contributed by atoms with Crippen molar-refractivity contribution in [3.05, 3.63) is 57.3 Å². The number of halogens is 1. The summed E-state index contributed by atoms with van der Waals surface area (Å²) in [6.45, 7) is 2.02. The quantitative estimate of drug-likeness (QED) is 0.688. The predicted octanol–water partition coefficient (Wildman–Crippen LogP) is 3.76. The van der Waals surface area contributed by atoms with Gasteiger partial charge in [0.2, 0.25) is 0 Å². The molecule has 96 valence electrons. The van der Waals surface area contributed by atoms with Crippen LogP contribution in [0.3, 0.4) is 0 Å². The molecule has 0 fully saturated rings. The number of carbonyl (C=O) groups is 1. The van der Waals surface area contributed by atoms with E-state index in [2.05, 4.69) is 4.98 Å². The number of hydrogen-bond donors (Lipinski definition) is 0. The van der Waals surface area contributed by atoms with Crippen LogP contribution in [-0.4, -0.2) is 15.7 Å². The van der Waals surface area contributed by atoms with E-state index in [0.717, 1.165) is 28.4 Å². The van der Waals surface area contributed by atoms with Crippen molar-refractivity contribution < 1.29 is 4.79 Å². The highest BCUT2D eigenvalue weighted by molar-refractivity contribution is 7.17. The first-order chi connectivity index (χ1) is 9.19. The topological polar surface area (TPSA) is 34.4 Å². The molecule has 0 aliphatic rings. The standard InChI is InChI=1S/C14H11ClN2OS/c1-9-13(6-10-2-4-11(15)5-3-10)19-14-16-7-12(8-18)17(9)14/h2-5,7-8H,6H2,1H3. The molecule has 0 saturated heterocycles. The van der Waals surface area contributed by atoms with Crippen molar-refractivity contribution >= 4 is 34.2 Å². The summed E-state index contributed by atoms with van der Waals surface area (Å²) in [7, 11) is 0. The third-order valence-electron chi connectivity index (χ3n) is 3.11. The van der Waals surface area contributed by atoms with Crippen molar-refractivity contribution in [1.82, 2.24) is 9.38 Å². The molecule has 2 heterocycles. The number of thiazole rings is 1. The number of benzene rings is 1. The predicted molar refractivity (Wildman–Crippen MR) is 77.5 cm³/mol. The molecule has 5 heteroatoms. The average molecular weight is 291 g/mol. The van der Waals surface area contributed by atoms with Gasteiger partial charge in [0.1, 0.15) is 5.69 Å². The lowest BCUT2D eigenvalue weighted by Gasteiger charge is -2.01. The lowest BCUT2D eigenvalue weighted by molar-refractivity contribution is 0.111. The van der Waals surface area contributed by atoms with Gasteiger partial charge in [-0.25, -0.2) is 4.98 Å². The van der Waals surface area contributed by atoms with Crippen molar-refractivity contribution in [3.8, 4) is 0 Å². The van der Waals surface area contributed by atoms with Crippen LogP contribution in [0.2, 0.25) is 5.02 Å². The maximum atomic E-state index is 11.0. The van der Waals surface area contributed by atoms with E-state index in [4.69, 9.17) is 11.6 Å². The Labute approximate surface area is 119 Å². The van der Waals surface area contributed by atoms with E-state index in [0.29, 0.717) is 5.69 Å². The monoisotopic (exact) mass is 290 g/mol. The zero-order chi connectivity index (χ0) is 13.4. The molecular weight excluding hydrogens is 280 g/mol. The van der Waals surface area contributed by atoms with E-state index in [-0.39, 0.29) is 0 Å². The van der Waals surface area contributed by atoms with Crippen LogP contribution in [0.5, 0.6) is 0 Å². The number of fused-ring (bicyclic) bond motifs is 1. The fourth-order valence-electron chi connectivity index (χ4n) is 2.10. The van der Waals surface area contributed by atoms with Crippen LogP contribution in [0.1, 0.15) is 26.6 Å². The number of rotatable bonds is 3. The van der Waals surface area contributed by atoms with Gasteiger partial charge in [-0.1, -0.05) is 23.7 Å². The Morgan fingerprint density at radius 2 is 2.11 bits per heavy atom. The number of nitrogens with zero attached hydrogens (tertiary/aromatic N) is 2. The minimum Gasteiger partial charge on any atom is -0.296 e. The summed E-state index contributed by atoms with van der Waals surface area (Å²) in [4.78, 5) is 17.3. The highest BCUT2D eigenvalue weighted by atomic mass is 35.5. The van der Waals surface area contributed by atoms with E-state index in [1.807, 2.05) is 35.6 Å². The van der Waals surface area contributed by atoms with Crippen molar-refractivity contribution in [2.45, 2.75) is 13.3 Å². The maximum Gasteiger partial charge on any atom is 0.194 e. The first kappa shape index (κ1) is 12.4. The van der Waals surface area contributed by atoms with Crippen LogP contribution in [0.4, 0.5) is 0 Å². The van der Waals surface area contributed by atoms with E-state index < -0.39 is 0 Å². The molecule has 0 amide bonds. The Bertz CT molecular complexity index is 743. The Hall–Kier alpha value is -1.65. The first-order valence-corrected chi connectivity index (χ1v) is 7.04. The number of aromatic nitrogens is 2. The van der Waals surface area contributed by atoms with Crippen LogP contribution in [0.15, 0.2) is 30.5 Å². The zero-order valence-corrected chi connectivity index (χ0v) is 11.8. The van der Waals surface area contributed by atoms with Crippen molar-refractivity contribution in [2.24, 2.45) is 0 Å². The van der Waals surface area contributed by atoms with Gasteiger partial charge in [-0.15, -0.1) is 11.3 Å². The van der Waals surface area contributed by atoms with Crippen LogP contribution in [0.25, 0.3) is 4.96 Å². The molecule has 1 aromatic carbocycles. The Morgan fingerprint density at radius 1 is 1.37 bits per heavy atom. The molecular formula is C14H11ClN2OS. The molecule has 19 heavy (non-hydrogen) atoms. The first-order valence-electron chi connectivity index (χ1n) is 5.84. The number of carbonyl (C=O) groups excluding carboxylic acids is 1. The van der Waals surface area contributed by atoms with Gasteiger partial charge in [-0.2, -0.15) is 0 Å². The summed E-state index contributed by atoms with van der Waals surface area (Å²) in [6, 6.07) is 7.82. The molecule has 0 aliphatic heterocycles. The largest absolute Gasteiger partial charge is 0.296 e. The summed E-state index contributed by atoms with van der Waals surface area (Å²) in [5, 5.41) is 0.740. The lowest BCUT2D eigenvalue weighted by Crippen LogP contribution is -1.94. The Balaban J connectivity index is 2.01. The molecule has 3 nitrogen and oxygen atoms in total. The normalized spacial score (nSPS) is 11.1. The Morgan fingerprint density at radius 3 is 2.79 bits per heavy atom. The summed E-state index contributed by atoms with van der Waals surface area (Å²) in [5.41, 5.74) is 2.88. The SMILES string of the molecule is Cc1c(Cc2ccc(Cl)cc2)sc2ncc(C=O)n12. The average Bonchev–Trinajstić information content (AvgIpc) is 2.94. The molecule has 0 bridgehead atoms. The van der Waals surface area contributed by atoms with Gasteiger partial charge in [0.15, 0.2) is 11.2 Å². The molecule has 0 radical (unpaired) electrons. The van der Waals surface area contributed by atoms with Crippen molar-refractivity contribution in [1.29, 1.82) is 0 Å². The van der Waals surface area contributed by atoms with Crippen LogP contribution >= 0.6 is 22.9 Å². The third kappa shape index (κ3) is 2.17. The summed E-state index contributed by atoms with van der Waals surface area (Å²) in [6.07, 6.45) is 3.28. The van der Waals surface area contributed by atoms with Gasteiger partial charge in [-0.05, 0) is 24.6 Å². The molecule has 0 N–H and O–H groups in total. The molecule has 0 aliphatic carbocycles. The van der Waals surface area contributed by atoms with Gasteiger partial charge in [0.05, 0.1) is 6.20 Å². The highest BCUT2D eigenvalue weighted by Crippen LogP contribution is 2.26. The second-order valence-corrected chi connectivity index (χ2v) is 5.83. The lowest BCUT2D eigenvalue weighted by atomic mass is 10.1. The smallest absolute Gasteiger partial charge is 0.194 e. The molecule has 3 aromatic rings. The molecule has 0 saturated carbocycles. The molecule has 0 unspecified atom stereocenters. The fourth-order valence-corrected chi connectivity index (χ4v) is 3.36. The van der Waals surface area contributed by atoms with Gasteiger partial charge in [0, 0.05) is 22.0 Å². The third-order valence-corrected chi connectivity index (χ3v) is 4.52. The number of hydrogen-bond acceptors (Lipinski definition) is 3. The van der Waals surface area contributed by atoms with Crippen molar-refractivity contribution in [3.63, 3.8) is 0 Å². The van der Waals surface area contributed by atoms with Gasteiger partial charge < -0.3 is 0 Å². The molecule has 2 aromatic heterocycles. The molecule has 0 atom stereocenters. The second-order valence-electron chi connectivity index (χ2n) is 4.33. The fraction of sp³-hybridized carbons (Fsp3) is 0.143. The summed E-state index contributed by atoms with van der Waals surface area (Å²) in [5.74, 6) is 0. The molecule has 3 rings (SSSR count). The minimum absolute atomic E-state index is 0.603.